The number of benzene rings is 1. The van der Waals surface area contributed by atoms with Gasteiger partial charge in [-0.05, 0) is 27.1 Å². The van der Waals surface area contributed by atoms with Gasteiger partial charge in [-0.15, -0.1) is 0 Å². The fraction of sp³-hybridized carbons (Fsp3) is 0.412. The van der Waals surface area contributed by atoms with Crippen molar-refractivity contribution < 1.29 is 14.1 Å². The minimum atomic E-state index is -0.252. The van der Waals surface area contributed by atoms with Crippen molar-refractivity contribution in [3.8, 4) is 5.75 Å². The second-order valence-electron chi connectivity index (χ2n) is 5.71. The average Bonchev–Trinajstić information content (AvgIpc) is 2.98. The molecule has 1 aromatic carbocycles. The van der Waals surface area contributed by atoms with Crippen molar-refractivity contribution in [2.75, 3.05) is 27.7 Å². The molecular formula is C17H24N4O3. The molecule has 24 heavy (non-hydrogen) atoms. The Balaban J connectivity index is 1.92. The number of hydrogen-bond donors (Lipinski definition) is 2. The van der Waals surface area contributed by atoms with Gasteiger partial charge in [0.1, 0.15) is 17.2 Å². The van der Waals surface area contributed by atoms with Crippen molar-refractivity contribution in [3.63, 3.8) is 0 Å². The second kappa shape index (κ2) is 8.35. The Labute approximate surface area is 142 Å². The lowest BCUT2D eigenvalue weighted by Crippen LogP contribution is -2.40. The van der Waals surface area contributed by atoms with E-state index in [1.807, 2.05) is 50.2 Å². The predicted octanol–water partition coefficient (Wildman–Crippen LogP) is 2.09. The smallest absolute Gasteiger partial charge is 0.315 e. The molecule has 0 aliphatic heterocycles. The number of nitrogens with zero attached hydrogens (tertiary/aromatic N) is 2. The van der Waals surface area contributed by atoms with Gasteiger partial charge in [-0.1, -0.05) is 23.4 Å². The third-order valence-electron chi connectivity index (χ3n) is 3.68. The van der Waals surface area contributed by atoms with Crippen molar-refractivity contribution in [2.45, 2.75) is 19.5 Å². The third kappa shape index (κ3) is 4.73. The Kier molecular flexibility index (Phi) is 6.20. The van der Waals surface area contributed by atoms with Gasteiger partial charge >= 0.3 is 6.03 Å². The Morgan fingerprint density at radius 2 is 2.08 bits per heavy atom. The molecule has 0 aliphatic rings. The van der Waals surface area contributed by atoms with E-state index in [0.717, 1.165) is 17.1 Å². The summed E-state index contributed by atoms with van der Waals surface area (Å²) in [5.74, 6) is 1.52. The summed E-state index contributed by atoms with van der Waals surface area (Å²) in [6.07, 6.45) is 0. The average molecular weight is 332 g/mol. The molecule has 0 bridgehead atoms. The van der Waals surface area contributed by atoms with E-state index in [-0.39, 0.29) is 12.1 Å². The molecule has 0 saturated heterocycles. The zero-order chi connectivity index (χ0) is 17.5. The topological polar surface area (TPSA) is 79.6 Å². The number of urea groups is 1. The molecule has 7 nitrogen and oxygen atoms in total. The zero-order valence-corrected chi connectivity index (χ0v) is 14.5. The molecule has 0 aliphatic carbocycles. The Bertz CT molecular complexity index is 669. The summed E-state index contributed by atoms with van der Waals surface area (Å²) in [7, 11) is 5.58. The van der Waals surface area contributed by atoms with Crippen molar-refractivity contribution in [1.29, 1.82) is 0 Å². The van der Waals surface area contributed by atoms with Crippen LogP contribution in [0.3, 0.4) is 0 Å². The van der Waals surface area contributed by atoms with E-state index in [1.165, 1.54) is 0 Å². The van der Waals surface area contributed by atoms with Gasteiger partial charge in [0, 0.05) is 18.2 Å². The highest BCUT2D eigenvalue weighted by Crippen LogP contribution is 2.27. The van der Waals surface area contributed by atoms with Crippen LogP contribution < -0.4 is 15.4 Å². The van der Waals surface area contributed by atoms with Crippen LogP contribution >= 0.6 is 0 Å². The highest BCUT2D eigenvalue weighted by Gasteiger charge is 2.19. The number of rotatable bonds is 7. The predicted molar refractivity (Wildman–Crippen MR) is 90.9 cm³/mol. The van der Waals surface area contributed by atoms with Crippen LogP contribution in [-0.4, -0.2) is 43.8 Å². The summed E-state index contributed by atoms with van der Waals surface area (Å²) in [5.41, 5.74) is 1.72. The molecular weight excluding hydrogens is 308 g/mol. The molecule has 0 saturated carbocycles. The van der Waals surface area contributed by atoms with E-state index in [4.69, 9.17) is 9.26 Å². The summed E-state index contributed by atoms with van der Waals surface area (Å²) in [4.78, 5) is 14.0. The molecule has 2 amide bonds. The number of hydrogen-bond acceptors (Lipinski definition) is 5. The highest BCUT2D eigenvalue weighted by molar-refractivity contribution is 5.73. The van der Waals surface area contributed by atoms with Crippen molar-refractivity contribution in [1.82, 2.24) is 20.7 Å². The van der Waals surface area contributed by atoms with Gasteiger partial charge in [0.2, 0.25) is 0 Å². The maximum atomic E-state index is 12.0. The normalized spacial score (nSPS) is 12.0. The van der Waals surface area contributed by atoms with Gasteiger partial charge in [-0.25, -0.2) is 4.79 Å². The van der Waals surface area contributed by atoms with Gasteiger partial charge in [0.05, 0.1) is 19.7 Å². The minimum Gasteiger partial charge on any atom is -0.496 e. The van der Waals surface area contributed by atoms with Crippen molar-refractivity contribution in [2.24, 2.45) is 0 Å². The molecule has 1 aromatic heterocycles. The van der Waals surface area contributed by atoms with E-state index < -0.39 is 0 Å². The number of para-hydroxylation sites is 1. The molecule has 2 aromatic rings. The van der Waals surface area contributed by atoms with Crippen LogP contribution in [-0.2, 0) is 6.54 Å². The van der Waals surface area contributed by atoms with Crippen LogP contribution in [0.15, 0.2) is 34.9 Å². The van der Waals surface area contributed by atoms with Gasteiger partial charge in [-0.2, -0.15) is 0 Å². The molecule has 7 heteroatoms. The standard InChI is InChI=1S/C17H24N4O3/c1-12-9-13(20-24-12)10-18-17(22)19-11-15(21(2)3)14-7-5-6-8-16(14)23-4/h5-9,15H,10-11H2,1-4H3,(H2,18,19,22). The Hall–Kier alpha value is -2.54. The summed E-state index contributed by atoms with van der Waals surface area (Å²) in [6.45, 7) is 2.59. The first-order valence-corrected chi connectivity index (χ1v) is 7.74. The first kappa shape index (κ1) is 17.8. The Morgan fingerprint density at radius 1 is 1.33 bits per heavy atom. The first-order chi connectivity index (χ1) is 11.5. The van der Waals surface area contributed by atoms with Crippen LogP contribution in [0.1, 0.15) is 23.1 Å². The van der Waals surface area contributed by atoms with E-state index >= 15 is 0 Å². The molecule has 0 fully saturated rings. The number of aromatic nitrogens is 1. The van der Waals surface area contributed by atoms with Gasteiger partial charge in [-0.3, -0.25) is 0 Å². The van der Waals surface area contributed by atoms with Crippen LogP contribution in [0.25, 0.3) is 0 Å². The van der Waals surface area contributed by atoms with Crippen molar-refractivity contribution >= 4 is 6.03 Å². The molecule has 2 N–H and O–H groups in total. The minimum absolute atomic E-state index is 0.00111. The lowest BCUT2D eigenvalue weighted by Gasteiger charge is -2.26. The van der Waals surface area contributed by atoms with E-state index in [2.05, 4.69) is 15.8 Å². The number of amides is 2. The highest BCUT2D eigenvalue weighted by atomic mass is 16.5. The van der Waals surface area contributed by atoms with Crippen LogP contribution in [0.4, 0.5) is 4.79 Å². The fourth-order valence-corrected chi connectivity index (χ4v) is 2.44. The van der Waals surface area contributed by atoms with Crippen LogP contribution in [0.5, 0.6) is 5.75 Å². The van der Waals surface area contributed by atoms with Gasteiger partial charge in [0.15, 0.2) is 0 Å². The molecule has 130 valence electrons. The number of carbonyl (C=O) groups is 1. The number of nitrogens with one attached hydrogen (secondary N) is 2. The maximum Gasteiger partial charge on any atom is 0.315 e. The van der Waals surface area contributed by atoms with Crippen LogP contribution in [0, 0.1) is 6.92 Å². The molecule has 1 atom stereocenters. The molecule has 2 rings (SSSR count). The van der Waals surface area contributed by atoms with Crippen molar-refractivity contribution in [3.05, 3.63) is 47.3 Å². The largest absolute Gasteiger partial charge is 0.496 e. The summed E-state index contributed by atoms with van der Waals surface area (Å²) in [5, 5.41) is 9.49. The lowest BCUT2D eigenvalue weighted by molar-refractivity contribution is 0.231. The van der Waals surface area contributed by atoms with Gasteiger partial charge in [0.25, 0.3) is 0 Å². The summed E-state index contributed by atoms with van der Waals surface area (Å²) in [6, 6.07) is 9.34. The number of carbonyl (C=O) groups excluding carboxylic acids is 1. The van der Waals surface area contributed by atoms with Crippen LogP contribution in [0.2, 0.25) is 0 Å². The monoisotopic (exact) mass is 332 g/mol. The van der Waals surface area contributed by atoms with E-state index in [1.54, 1.807) is 13.2 Å². The Morgan fingerprint density at radius 3 is 2.71 bits per heavy atom. The quantitative estimate of drug-likeness (QED) is 0.812. The number of likely N-dealkylation sites (N-methyl/N-ethyl adjacent to an activating group) is 1. The summed E-state index contributed by atoms with van der Waals surface area (Å²) >= 11 is 0. The molecule has 1 unspecified atom stereocenters. The number of methoxy groups -OCH3 is 1. The molecule has 0 spiro atoms. The second-order valence-corrected chi connectivity index (χ2v) is 5.71. The molecule has 0 radical (unpaired) electrons. The SMILES string of the molecule is COc1ccccc1C(CNC(=O)NCc1cc(C)on1)N(C)C. The zero-order valence-electron chi connectivity index (χ0n) is 14.5. The third-order valence-corrected chi connectivity index (χ3v) is 3.68. The number of aryl methyl sites for hydroxylation is 1. The van der Waals surface area contributed by atoms with Gasteiger partial charge < -0.3 is 24.8 Å². The summed E-state index contributed by atoms with van der Waals surface area (Å²) < 4.78 is 10.4. The maximum absolute atomic E-state index is 12.0. The lowest BCUT2D eigenvalue weighted by atomic mass is 10.0. The fourth-order valence-electron chi connectivity index (χ4n) is 2.44. The van der Waals surface area contributed by atoms with E-state index in [9.17, 15) is 4.79 Å². The first-order valence-electron chi connectivity index (χ1n) is 7.74. The number of ether oxygens (including phenoxy) is 1. The molecule has 1 heterocycles. The van der Waals surface area contributed by atoms with E-state index in [0.29, 0.717) is 18.8 Å².